The van der Waals surface area contributed by atoms with Crippen LogP contribution in [0.4, 0.5) is 0 Å². The number of amides is 1. The Morgan fingerprint density at radius 3 is 2.48 bits per heavy atom. The van der Waals surface area contributed by atoms with Gasteiger partial charge in [0.15, 0.2) is 6.61 Å². The van der Waals surface area contributed by atoms with E-state index < -0.39 is 0 Å². The van der Waals surface area contributed by atoms with Gasteiger partial charge in [0.1, 0.15) is 5.75 Å². The normalized spacial score (nSPS) is 15.2. The van der Waals surface area contributed by atoms with E-state index in [4.69, 9.17) is 4.74 Å². The Balaban J connectivity index is 1.43. The summed E-state index contributed by atoms with van der Waals surface area (Å²) in [5, 5.41) is 0. The molecule has 1 amide bonds. The van der Waals surface area contributed by atoms with E-state index in [0.717, 1.165) is 44.5 Å². The third kappa shape index (κ3) is 5.09. The lowest BCUT2D eigenvalue weighted by molar-refractivity contribution is -0.134. The fourth-order valence-electron chi connectivity index (χ4n) is 3.43. The predicted molar refractivity (Wildman–Crippen MR) is 101 cm³/mol. The number of aryl methyl sites for hydroxylation is 1. The van der Waals surface area contributed by atoms with E-state index in [2.05, 4.69) is 43.3 Å². The maximum atomic E-state index is 12.4. The van der Waals surface area contributed by atoms with E-state index >= 15 is 0 Å². The molecule has 1 fully saturated rings. The molecule has 0 aliphatic carbocycles. The zero-order chi connectivity index (χ0) is 17.5. The molecule has 0 N–H and O–H groups in total. The van der Waals surface area contributed by atoms with Crippen LogP contribution in [0.3, 0.4) is 0 Å². The van der Waals surface area contributed by atoms with Crippen LogP contribution in [0.5, 0.6) is 5.75 Å². The van der Waals surface area contributed by atoms with Gasteiger partial charge in [0.05, 0.1) is 0 Å². The summed E-state index contributed by atoms with van der Waals surface area (Å²) in [6.45, 7) is 3.93. The molecule has 25 heavy (non-hydrogen) atoms. The van der Waals surface area contributed by atoms with Crippen molar-refractivity contribution in [1.29, 1.82) is 0 Å². The van der Waals surface area contributed by atoms with Crippen LogP contribution in [0.1, 0.15) is 30.9 Å². The van der Waals surface area contributed by atoms with Gasteiger partial charge < -0.3 is 9.64 Å². The minimum absolute atomic E-state index is 0.0973. The lowest BCUT2D eigenvalue weighted by Crippen LogP contribution is -2.41. The van der Waals surface area contributed by atoms with Gasteiger partial charge in [-0.25, -0.2) is 0 Å². The quantitative estimate of drug-likeness (QED) is 0.794. The Bertz CT molecular complexity index is 675. The van der Waals surface area contributed by atoms with Gasteiger partial charge in [-0.3, -0.25) is 4.79 Å². The van der Waals surface area contributed by atoms with Crippen LogP contribution in [-0.4, -0.2) is 30.5 Å². The van der Waals surface area contributed by atoms with Crippen molar-refractivity contribution in [2.24, 2.45) is 5.92 Å². The second-order valence-corrected chi connectivity index (χ2v) is 6.80. The van der Waals surface area contributed by atoms with Crippen molar-refractivity contribution in [2.45, 2.75) is 32.6 Å². The highest BCUT2D eigenvalue weighted by molar-refractivity contribution is 5.77. The second kappa shape index (κ2) is 8.70. The van der Waals surface area contributed by atoms with Gasteiger partial charge in [0.25, 0.3) is 5.91 Å². The summed E-state index contributed by atoms with van der Waals surface area (Å²) in [6, 6.07) is 18.6. The highest BCUT2D eigenvalue weighted by Gasteiger charge is 2.23. The Hall–Kier alpha value is -2.29. The number of likely N-dealkylation sites (tertiary alicyclic amines) is 1. The fourth-order valence-corrected chi connectivity index (χ4v) is 3.43. The third-order valence-electron chi connectivity index (χ3n) is 5.00. The third-order valence-corrected chi connectivity index (χ3v) is 5.00. The number of hydrogen-bond donors (Lipinski definition) is 0. The summed E-state index contributed by atoms with van der Waals surface area (Å²) >= 11 is 0. The van der Waals surface area contributed by atoms with Crippen LogP contribution in [-0.2, 0) is 17.6 Å². The molecule has 1 aliphatic rings. The summed E-state index contributed by atoms with van der Waals surface area (Å²) in [5.74, 6) is 1.56. The zero-order valence-corrected chi connectivity index (χ0v) is 15.0. The number of piperidine rings is 1. The SMILES string of the molecule is CCc1cccc(OCC(=O)N2CCC(Cc3ccccc3)CC2)c1. The molecule has 3 nitrogen and oxygen atoms in total. The summed E-state index contributed by atoms with van der Waals surface area (Å²) < 4.78 is 5.69. The van der Waals surface area contributed by atoms with E-state index in [1.54, 1.807) is 0 Å². The number of nitrogens with zero attached hydrogens (tertiary/aromatic N) is 1. The van der Waals surface area contributed by atoms with Gasteiger partial charge in [-0.15, -0.1) is 0 Å². The Labute approximate surface area is 150 Å². The molecule has 2 aromatic rings. The average molecular weight is 337 g/mol. The fraction of sp³-hybridized carbons (Fsp3) is 0.409. The highest BCUT2D eigenvalue weighted by atomic mass is 16.5. The number of ether oxygens (including phenoxy) is 1. The van der Waals surface area contributed by atoms with Gasteiger partial charge in [0.2, 0.25) is 0 Å². The molecule has 1 saturated heterocycles. The Morgan fingerprint density at radius 2 is 1.76 bits per heavy atom. The van der Waals surface area contributed by atoms with Crippen LogP contribution in [0, 0.1) is 5.92 Å². The summed E-state index contributed by atoms with van der Waals surface area (Å²) in [4.78, 5) is 14.3. The summed E-state index contributed by atoms with van der Waals surface area (Å²) in [7, 11) is 0. The first-order valence-corrected chi connectivity index (χ1v) is 9.28. The molecular formula is C22H27NO2. The van der Waals surface area contributed by atoms with E-state index in [9.17, 15) is 4.79 Å². The van der Waals surface area contributed by atoms with E-state index in [-0.39, 0.29) is 12.5 Å². The molecule has 0 spiro atoms. The van der Waals surface area contributed by atoms with Gasteiger partial charge in [-0.1, -0.05) is 49.4 Å². The molecule has 0 atom stereocenters. The molecule has 0 bridgehead atoms. The minimum Gasteiger partial charge on any atom is -0.484 e. The number of benzene rings is 2. The number of carbonyl (C=O) groups is 1. The van der Waals surface area contributed by atoms with Crippen molar-refractivity contribution in [3.8, 4) is 5.75 Å². The molecule has 0 saturated carbocycles. The average Bonchev–Trinajstić information content (AvgIpc) is 2.67. The summed E-state index contributed by atoms with van der Waals surface area (Å²) in [6.07, 6.45) is 4.24. The van der Waals surface area contributed by atoms with Crippen molar-refractivity contribution >= 4 is 5.91 Å². The molecule has 1 heterocycles. The van der Waals surface area contributed by atoms with Crippen molar-refractivity contribution in [3.05, 3.63) is 65.7 Å². The topological polar surface area (TPSA) is 29.5 Å². The molecular weight excluding hydrogens is 310 g/mol. The number of rotatable bonds is 6. The van der Waals surface area contributed by atoms with Gasteiger partial charge in [-0.2, -0.15) is 0 Å². The number of hydrogen-bond acceptors (Lipinski definition) is 2. The lowest BCUT2D eigenvalue weighted by atomic mass is 9.90. The van der Waals surface area contributed by atoms with Crippen molar-refractivity contribution in [3.63, 3.8) is 0 Å². The first-order valence-electron chi connectivity index (χ1n) is 9.28. The molecule has 1 aliphatic heterocycles. The second-order valence-electron chi connectivity index (χ2n) is 6.80. The molecule has 0 radical (unpaired) electrons. The predicted octanol–water partition coefficient (Wildman–Crippen LogP) is 4.11. The zero-order valence-electron chi connectivity index (χ0n) is 15.0. The lowest BCUT2D eigenvalue weighted by Gasteiger charge is -2.32. The molecule has 3 heteroatoms. The van der Waals surface area contributed by atoms with Crippen LogP contribution >= 0.6 is 0 Å². The largest absolute Gasteiger partial charge is 0.484 e. The van der Waals surface area contributed by atoms with E-state index in [0.29, 0.717) is 5.92 Å². The Kier molecular flexibility index (Phi) is 6.10. The van der Waals surface area contributed by atoms with Crippen molar-refractivity contribution in [1.82, 2.24) is 4.90 Å². The van der Waals surface area contributed by atoms with Crippen LogP contribution in [0.2, 0.25) is 0 Å². The smallest absolute Gasteiger partial charge is 0.260 e. The molecule has 3 rings (SSSR count). The Morgan fingerprint density at radius 1 is 1.04 bits per heavy atom. The van der Waals surface area contributed by atoms with Gasteiger partial charge >= 0.3 is 0 Å². The van der Waals surface area contributed by atoms with E-state index in [1.165, 1.54) is 11.1 Å². The van der Waals surface area contributed by atoms with Gasteiger partial charge in [0, 0.05) is 13.1 Å². The van der Waals surface area contributed by atoms with Crippen LogP contribution in [0.25, 0.3) is 0 Å². The first kappa shape index (κ1) is 17.5. The molecule has 132 valence electrons. The van der Waals surface area contributed by atoms with Crippen LogP contribution in [0.15, 0.2) is 54.6 Å². The van der Waals surface area contributed by atoms with Crippen LogP contribution < -0.4 is 4.74 Å². The first-order chi connectivity index (χ1) is 12.2. The molecule has 0 aromatic heterocycles. The highest BCUT2D eigenvalue weighted by Crippen LogP contribution is 2.22. The van der Waals surface area contributed by atoms with E-state index in [1.807, 2.05) is 23.1 Å². The van der Waals surface area contributed by atoms with Crippen molar-refractivity contribution < 1.29 is 9.53 Å². The standard InChI is InChI=1S/C22H27NO2/c1-2-18-9-6-10-21(16-18)25-17-22(24)23-13-11-20(12-14-23)15-19-7-4-3-5-8-19/h3-10,16,20H,2,11-15,17H2,1H3. The maximum Gasteiger partial charge on any atom is 0.260 e. The van der Waals surface area contributed by atoms with Gasteiger partial charge in [-0.05, 0) is 54.9 Å². The molecule has 0 unspecified atom stereocenters. The van der Waals surface area contributed by atoms with Crippen molar-refractivity contribution in [2.75, 3.05) is 19.7 Å². The maximum absolute atomic E-state index is 12.4. The summed E-state index contributed by atoms with van der Waals surface area (Å²) in [5.41, 5.74) is 2.62. The minimum atomic E-state index is 0.0973. The number of carbonyl (C=O) groups excluding carboxylic acids is 1. The monoisotopic (exact) mass is 337 g/mol. The molecule has 2 aromatic carbocycles.